The van der Waals surface area contributed by atoms with Gasteiger partial charge < -0.3 is 19.3 Å². The van der Waals surface area contributed by atoms with Crippen molar-refractivity contribution in [2.75, 3.05) is 5.75 Å². The fourth-order valence-corrected chi connectivity index (χ4v) is 6.82. The summed E-state index contributed by atoms with van der Waals surface area (Å²) < 4.78 is 84.9. The molecule has 0 spiro atoms. The summed E-state index contributed by atoms with van der Waals surface area (Å²) in [5, 5.41) is 19.6. The number of nitro groups is 1. The van der Waals surface area contributed by atoms with E-state index < -0.39 is 108 Å². The molecule has 1 amide bonds. The van der Waals surface area contributed by atoms with Crippen LogP contribution in [0.5, 0.6) is 11.5 Å². The third-order valence-electron chi connectivity index (χ3n) is 7.55. The number of halogens is 5. The van der Waals surface area contributed by atoms with Crippen LogP contribution in [0.25, 0.3) is 0 Å². The van der Waals surface area contributed by atoms with Gasteiger partial charge in [0.05, 0.1) is 27.9 Å². The molecule has 54 heavy (non-hydrogen) atoms. The fraction of sp³-hybridized carbons (Fsp3) is 0.314. The number of rotatable bonds is 13. The van der Waals surface area contributed by atoms with E-state index in [2.05, 4.69) is 4.74 Å². The average Bonchev–Trinajstić information content (AvgIpc) is 3.12. The number of hydrogen-bond donors (Lipinski definition) is 1. The number of hydrogen-bond acceptors (Lipinski definition) is 12. The predicted octanol–water partition coefficient (Wildman–Crippen LogP) is 7.03. The number of ether oxygens (including phenoxy) is 3. The van der Waals surface area contributed by atoms with Gasteiger partial charge in [0, 0.05) is 17.5 Å². The van der Waals surface area contributed by atoms with E-state index in [0.717, 1.165) is 29.2 Å². The molecule has 4 rings (SSSR count). The van der Waals surface area contributed by atoms with Crippen molar-refractivity contribution in [3.63, 3.8) is 0 Å². The molecule has 3 aromatic carbocycles. The summed E-state index contributed by atoms with van der Waals surface area (Å²) in [5.41, 5.74) is -1.90. The van der Waals surface area contributed by atoms with Crippen LogP contribution in [0.15, 0.2) is 59.3 Å². The zero-order chi connectivity index (χ0) is 40.2. The summed E-state index contributed by atoms with van der Waals surface area (Å²) in [6.07, 6.45) is -1.14. The second kappa shape index (κ2) is 17.0. The van der Waals surface area contributed by atoms with Crippen molar-refractivity contribution in [3.8, 4) is 11.5 Å². The highest BCUT2D eigenvalue weighted by atomic mass is 32.2. The number of amides is 1. The van der Waals surface area contributed by atoms with Gasteiger partial charge in [-0.25, -0.2) is 22.8 Å². The number of aliphatic hydroxyl groups is 1. The van der Waals surface area contributed by atoms with Gasteiger partial charge in [-0.3, -0.25) is 24.6 Å². The minimum atomic E-state index is -2.45. The third-order valence-corrected chi connectivity index (χ3v) is 9.99. The van der Waals surface area contributed by atoms with Crippen molar-refractivity contribution in [2.45, 2.75) is 52.7 Å². The van der Waals surface area contributed by atoms with Gasteiger partial charge in [-0.15, -0.1) is 11.8 Å². The first kappa shape index (κ1) is 41.7. The number of esters is 2. The van der Waals surface area contributed by atoms with Crippen LogP contribution in [-0.4, -0.2) is 55.1 Å². The lowest BCUT2D eigenvalue weighted by Crippen LogP contribution is -2.63. The fourth-order valence-electron chi connectivity index (χ4n) is 4.68. The topological polar surface area (TPSA) is 163 Å². The van der Waals surface area contributed by atoms with Crippen molar-refractivity contribution in [2.24, 2.45) is 11.3 Å². The smallest absolute Gasteiger partial charge is 0.359 e. The molecule has 3 aromatic rings. The minimum Gasteiger partial charge on any atom is -0.456 e. The minimum absolute atomic E-state index is 0.174. The van der Waals surface area contributed by atoms with Gasteiger partial charge >= 0.3 is 11.9 Å². The van der Waals surface area contributed by atoms with Crippen LogP contribution < -0.4 is 9.47 Å². The maximum Gasteiger partial charge on any atom is 0.359 e. The Bertz CT molecular complexity index is 1980. The van der Waals surface area contributed by atoms with Gasteiger partial charge in [-0.2, -0.15) is 8.78 Å². The third kappa shape index (κ3) is 9.02. The van der Waals surface area contributed by atoms with Crippen molar-refractivity contribution < 1.29 is 65.4 Å². The van der Waals surface area contributed by atoms with Gasteiger partial charge in [0.25, 0.3) is 5.69 Å². The number of benzene rings is 3. The molecule has 1 saturated heterocycles. The quantitative estimate of drug-likeness (QED) is 0.0180. The lowest BCUT2D eigenvalue weighted by atomic mass is 9.92. The number of carbonyl (C=O) groups is 4. The molecule has 19 heteroatoms. The molecule has 0 aliphatic carbocycles. The van der Waals surface area contributed by atoms with Gasteiger partial charge in [-0.05, 0) is 66.4 Å². The van der Waals surface area contributed by atoms with E-state index in [1.54, 1.807) is 27.7 Å². The molecule has 3 atom stereocenters. The molecule has 1 fully saturated rings. The predicted molar refractivity (Wildman–Crippen MR) is 184 cm³/mol. The molecule has 1 N–H and O–H groups in total. The van der Waals surface area contributed by atoms with E-state index in [1.165, 1.54) is 43.0 Å². The largest absolute Gasteiger partial charge is 0.456 e. The van der Waals surface area contributed by atoms with Crippen LogP contribution in [0.4, 0.5) is 27.6 Å². The van der Waals surface area contributed by atoms with Crippen LogP contribution in [-0.2, 0) is 25.7 Å². The number of nitrogens with zero attached hydrogens (tertiary/aromatic N) is 2. The van der Waals surface area contributed by atoms with E-state index in [1.807, 2.05) is 0 Å². The van der Waals surface area contributed by atoms with Gasteiger partial charge in [-0.1, -0.05) is 27.7 Å². The molecule has 12 nitrogen and oxygen atoms in total. The molecule has 0 unspecified atom stereocenters. The highest BCUT2D eigenvalue weighted by molar-refractivity contribution is 8.16. The zero-order valence-electron chi connectivity index (χ0n) is 29.0. The van der Waals surface area contributed by atoms with E-state index in [4.69, 9.17) is 9.47 Å². The first-order valence-electron chi connectivity index (χ1n) is 15.8. The van der Waals surface area contributed by atoms with Crippen molar-refractivity contribution in [3.05, 3.63) is 110 Å². The lowest BCUT2D eigenvalue weighted by molar-refractivity contribution is -0.384. The van der Waals surface area contributed by atoms with Gasteiger partial charge in [0.1, 0.15) is 12.4 Å². The summed E-state index contributed by atoms with van der Waals surface area (Å²) in [6, 6.07) is 9.21. The number of non-ortho nitro benzene ring substituents is 1. The Kier molecular flexibility index (Phi) is 13.1. The number of β-lactam (4-membered cyclic amide) rings is 1. The number of likely N-dealkylation sites (tertiary alicyclic amines) is 1. The molecule has 0 saturated carbocycles. The van der Waals surface area contributed by atoms with Crippen LogP contribution >= 0.6 is 23.5 Å². The Morgan fingerprint density at radius 1 is 0.926 bits per heavy atom. The van der Waals surface area contributed by atoms with Gasteiger partial charge in [0.15, 0.2) is 10.8 Å². The zero-order valence-corrected chi connectivity index (χ0v) is 30.6. The highest BCUT2D eigenvalue weighted by Gasteiger charge is 2.54. The summed E-state index contributed by atoms with van der Waals surface area (Å²) >= 11 is 1.65. The maximum absolute atomic E-state index is 14.1. The molecule has 0 radical (unpaired) electrons. The number of aliphatic hydroxyl groups excluding tert-OH is 1. The number of nitro benzene ring substituents is 1. The van der Waals surface area contributed by atoms with Crippen LogP contribution in [0.1, 0.15) is 50.5 Å². The Labute approximate surface area is 312 Å². The van der Waals surface area contributed by atoms with E-state index in [9.17, 15) is 56.4 Å². The molecule has 0 aromatic heterocycles. The monoisotopic (exact) mass is 798 g/mol. The van der Waals surface area contributed by atoms with E-state index in [0.29, 0.717) is 23.1 Å². The molecular weight excluding hydrogens is 768 g/mol. The number of carbonyl (C=O) groups excluding carboxylic acids is 4. The van der Waals surface area contributed by atoms with E-state index in [-0.39, 0.29) is 11.4 Å². The van der Waals surface area contributed by atoms with Crippen molar-refractivity contribution in [1.82, 2.24) is 4.90 Å². The summed E-state index contributed by atoms with van der Waals surface area (Å²) in [5.74, 6) is -17.8. The van der Waals surface area contributed by atoms with Crippen LogP contribution in [0.3, 0.4) is 0 Å². The molecule has 1 heterocycles. The molecular formula is C35H31F5N2O10S2. The first-order chi connectivity index (χ1) is 25.3. The molecule has 1 aliphatic rings. The Balaban J connectivity index is 1.75. The standard InChI is InChI=1S/C35H31F5N2O10S2/c1-6-53-30-21(16(2)43)29(44)41(30)27(32(46)50-15-17-7-11-19(12-8-17)42(48)49)33(54-34(47)35(3,4)5)51-20-13-9-18(10-14-20)31(45)52-28-25(39)23(37)22(36)24(38)26(28)40/h7-14,16,21,30,43H,6,15H2,1-5H3/t16-,21+,30-/m1/s1. The van der Waals surface area contributed by atoms with Crippen molar-refractivity contribution >= 4 is 52.2 Å². The average molecular weight is 799 g/mol. The maximum atomic E-state index is 14.1. The lowest BCUT2D eigenvalue weighted by Gasteiger charge is -2.48. The second-order valence-corrected chi connectivity index (χ2v) is 14.9. The summed E-state index contributed by atoms with van der Waals surface area (Å²) in [6.45, 7) is 7.46. The molecule has 1 aliphatic heterocycles. The Morgan fingerprint density at radius 3 is 1.98 bits per heavy atom. The normalized spacial score (nSPS) is 16.6. The SMILES string of the molecule is CCS[C@@H]1[C@@H]([C@@H](C)O)C(=O)N1C(C(=O)OCc1ccc([N+](=O)[O-])cc1)=C(Oc1ccc(C(=O)Oc2c(F)c(F)c(F)c(F)c2F)cc1)SC(=O)C(C)(C)C. The van der Waals surface area contributed by atoms with Crippen molar-refractivity contribution in [1.29, 1.82) is 0 Å². The number of thioether (sulfide) groups is 2. The van der Waals surface area contributed by atoms with Gasteiger partial charge in [0.2, 0.25) is 45.9 Å². The molecule has 0 bridgehead atoms. The Morgan fingerprint density at radius 2 is 1.48 bits per heavy atom. The second-order valence-electron chi connectivity index (χ2n) is 12.5. The summed E-state index contributed by atoms with van der Waals surface area (Å²) in [4.78, 5) is 65.0. The summed E-state index contributed by atoms with van der Waals surface area (Å²) in [7, 11) is 0. The molecule has 288 valence electrons. The van der Waals surface area contributed by atoms with E-state index >= 15 is 0 Å². The Hall–Kier alpha value is -5.01. The van der Waals surface area contributed by atoms with Crippen LogP contribution in [0, 0.1) is 50.5 Å². The highest BCUT2D eigenvalue weighted by Crippen LogP contribution is 2.44. The van der Waals surface area contributed by atoms with Crippen LogP contribution in [0.2, 0.25) is 0 Å². The first-order valence-corrected chi connectivity index (χ1v) is 17.7.